The van der Waals surface area contributed by atoms with E-state index in [4.69, 9.17) is 0 Å². The van der Waals surface area contributed by atoms with Crippen LogP contribution in [0.25, 0.3) is 10.2 Å². The van der Waals surface area contributed by atoms with E-state index in [0.29, 0.717) is 16.8 Å². The zero-order valence-corrected chi connectivity index (χ0v) is 13.1. The zero-order chi connectivity index (χ0) is 15.7. The van der Waals surface area contributed by atoms with Crippen molar-refractivity contribution in [1.82, 2.24) is 14.3 Å². The lowest BCUT2D eigenvalue weighted by Gasteiger charge is -2.08. The SMILES string of the molecule is Cc1ccc(CNC(=O)n2sc3ncccc3c2=O)c(C)c1. The standard InChI is InChI=1S/C16H15N3O2S/c1-10-5-6-12(11(2)8-10)9-18-16(21)19-15(20)13-4-3-7-17-14(13)22-19/h3-8H,9H2,1-2H3,(H,18,21). The molecule has 1 amide bonds. The first-order valence-corrected chi connectivity index (χ1v) is 7.65. The molecule has 0 aliphatic rings. The summed E-state index contributed by atoms with van der Waals surface area (Å²) in [7, 11) is 0. The molecule has 0 aliphatic heterocycles. The summed E-state index contributed by atoms with van der Waals surface area (Å²) in [5.74, 6) is 0. The third kappa shape index (κ3) is 2.65. The van der Waals surface area contributed by atoms with Gasteiger partial charge in [-0.1, -0.05) is 23.8 Å². The van der Waals surface area contributed by atoms with E-state index in [1.165, 1.54) is 5.56 Å². The molecule has 1 aromatic carbocycles. The molecule has 6 heteroatoms. The number of carbonyl (C=O) groups is 1. The molecule has 1 N–H and O–H groups in total. The van der Waals surface area contributed by atoms with Gasteiger partial charge >= 0.3 is 6.03 Å². The Labute approximate surface area is 131 Å². The number of amides is 1. The van der Waals surface area contributed by atoms with Crippen LogP contribution in [0.5, 0.6) is 0 Å². The van der Waals surface area contributed by atoms with Crippen LogP contribution in [0.2, 0.25) is 0 Å². The van der Waals surface area contributed by atoms with Gasteiger partial charge in [0.15, 0.2) is 0 Å². The van der Waals surface area contributed by atoms with Gasteiger partial charge in [0.2, 0.25) is 0 Å². The largest absolute Gasteiger partial charge is 0.338 e. The minimum Gasteiger partial charge on any atom is -0.333 e. The smallest absolute Gasteiger partial charge is 0.333 e. The molecule has 0 saturated carbocycles. The van der Waals surface area contributed by atoms with Crippen molar-refractivity contribution < 1.29 is 4.79 Å². The Balaban J connectivity index is 1.82. The van der Waals surface area contributed by atoms with Gasteiger partial charge in [-0.2, -0.15) is 3.96 Å². The van der Waals surface area contributed by atoms with Crippen molar-refractivity contribution in [1.29, 1.82) is 0 Å². The number of carbonyl (C=O) groups excluding carboxylic acids is 1. The molecule has 0 fully saturated rings. The number of rotatable bonds is 2. The number of aromatic nitrogens is 2. The summed E-state index contributed by atoms with van der Waals surface area (Å²) in [5.41, 5.74) is 3.00. The number of aryl methyl sites for hydroxylation is 2. The second-order valence-electron chi connectivity index (χ2n) is 5.14. The second kappa shape index (κ2) is 5.73. The molecule has 0 radical (unpaired) electrons. The summed E-state index contributed by atoms with van der Waals surface area (Å²) in [5, 5.41) is 3.25. The summed E-state index contributed by atoms with van der Waals surface area (Å²) in [6.45, 7) is 4.42. The van der Waals surface area contributed by atoms with Crippen LogP contribution in [0.15, 0.2) is 41.3 Å². The zero-order valence-electron chi connectivity index (χ0n) is 12.3. The van der Waals surface area contributed by atoms with E-state index < -0.39 is 6.03 Å². The molecule has 0 aliphatic carbocycles. The van der Waals surface area contributed by atoms with Crippen molar-refractivity contribution in [3.05, 3.63) is 63.6 Å². The Bertz CT molecular complexity index is 911. The molecule has 112 valence electrons. The molecule has 22 heavy (non-hydrogen) atoms. The van der Waals surface area contributed by atoms with Crippen LogP contribution >= 0.6 is 11.5 Å². The van der Waals surface area contributed by atoms with Gasteiger partial charge in [0.25, 0.3) is 5.56 Å². The molecule has 0 bridgehead atoms. The molecule has 2 aromatic heterocycles. The van der Waals surface area contributed by atoms with Crippen LogP contribution in [0, 0.1) is 13.8 Å². The van der Waals surface area contributed by atoms with Crippen molar-refractivity contribution >= 4 is 27.8 Å². The predicted molar refractivity (Wildman–Crippen MR) is 87.4 cm³/mol. The summed E-state index contributed by atoms with van der Waals surface area (Å²) in [6.07, 6.45) is 1.61. The topological polar surface area (TPSA) is 64.0 Å². The van der Waals surface area contributed by atoms with Crippen LogP contribution in [0.1, 0.15) is 16.7 Å². The third-order valence-electron chi connectivity index (χ3n) is 3.48. The Morgan fingerprint density at radius 1 is 1.32 bits per heavy atom. The number of fused-ring (bicyclic) bond motifs is 1. The maximum atomic E-state index is 12.2. The quantitative estimate of drug-likeness (QED) is 0.791. The van der Waals surface area contributed by atoms with Gasteiger partial charge < -0.3 is 5.32 Å². The number of hydrogen-bond acceptors (Lipinski definition) is 4. The first-order chi connectivity index (χ1) is 10.6. The van der Waals surface area contributed by atoms with E-state index in [9.17, 15) is 9.59 Å². The van der Waals surface area contributed by atoms with Crippen LogP contribution < -0.4 is 10.9 Å². The van der Waals surface area contributed by atoms with Gasteiger partial charge in [-0.15, -0.1) is 0 Å². The number of nitrogens with zero attached hydrogens (tertiary/aromatic N) is 2. The number of pyridine rings is 1. The van der Waals surface area contributed by atoms with Crippen molar-refractivity contribution in [2.45, 2.75) is 20.4 Å². The Morgan fingerprint density at radius 3 is 2.86 bits per heavy atom. The van der Waals surface area contributed by atoms with Gasteiger partial charge in [0.05, 0.1) is 5.39 Å². The lowest BCUT2D eigenvalue weighted by atomic mass is 10.1. The second-order valence-corrected chi connectivity index (χ2v) is 6.07. The monoisotopic (exact) mass is 313 g/mol. The normalized spacial score (nSPS) is 10.8. The maximum absolute atomic E-state index is 12.2. The van der Waals surface area contributed by atoms with Gasteiger partial charge in [-0.25, -0.2) is 9.78 Å². The molecule has 5 nitrogen and oxygen atoms in total. The highest BCUT2D eigenvalue weighted by molar-refractivity contribution is 7.14. The minimum absolute atomic E-state index is 0.328. The first kappa shape index (κ1) is 14.5. The van der Waals surface area contributed by atoms with Gasteiger partial charge in [-0.3, -0.25) is 4.79 Å². The third-order valence-corrected chi connectivity index (χ3v) is 4.49. The van der Waals surface area contributed by atoms with E-state index in [1.807, 2.05) is 26.0 Å². The van der Waals surface area contributed by atoms with Crippen molar-refractivity contribution in [2.24, 2.45) is 0 Å². The number of nitrogens with one attached hydrogen (secondary N) is 1. The predicted octanol–water partition coefficient (Wildman–Crippen LogP) is 2.83. The molecule has 3 rings (SSSR count). The highest BCUT2D eigenvalue weighted by Crippen LogP contribution is 2.13. The molecule has 3 aromatic rings. The molecule has 0 atom stereocenters. The van der Waals surface area contributed by atoms with Gasteiger partial charge in [0.1, 0.15) is 4.83 Å². The fourth-order valence-electron chi connectivity index (χ4n) is 2.28. The molecule has 0 saturated heterocycles. The molecule has 0 unspecified atom stereocenters. The van der Waals surface area contributed by atoms with Gasteiger partial charge in [-0.05, 0) is 48.6 Å². The fourth-order valence-corrected chi connectivity index (χ4v) is 3.15. The summed E-state index contributed by atoms with van der Waals surface area (Å²) in [4.78, 5) is 29.1. The van der Waals surface area contributed by atoms with Crippen molar-refractivity contribution in [3.63, 3.8) is 0 Å². The van der Waals surface area contributed by atoms with Crippen molar-refractivity contribution in [2.75, 3.05) is 0 Å². The lowest BCUT2D eigenvalue weighted by Crippen LogP contribution is -2.32. The number of benzene rings is 1. The first-order valence-electron chi connectivity index (χ1n) is 6.87. The highest BCUT2D eigenvalue weighted by Gasteiger charge is 2.14. The van der Waals surface area contributed by atoms with Crippen molar-refractivity contribution in [3.8, 4) is 0 Å². The average molecular weight is 313 g/mol. The maximum Gasteiger partial charge on any atom is 0.338 e. The number of hydrogen-bond donors (Lipinski definition) is 1. The molecular weight excluding hydrogens is 298 g/mol. The van der Waals surface area contributed by atoms with Crippen LogP contribution in [0.4, 0.5) is 4.79 Å². The lowest BCUT2D eigenvalue weighted by molar-refractivity contribution is 0.243. The van der Waals surface area contributed by atoms with Crippen LogP contribution in [0.3, 0.4) is 0 Å². The Kier molecular flexibility index (Phi) is 3.77. The summed E-state index contributed by atoms with van der Waals surface area (Å²) >= 11 is 1.05. The Hall–Kier alpha value is -2.47. The fraction of sp³-hybridized carbons (Fsp3) is 0.188. The molecular formula is C16H15N3O2S. The Morgan fingerprint density at radius 2 is 2.14 bits per heavy atom. The van der Waals surface area contributed by atoms with Crippen LogP contribution in [-0.2, 0) is 6.54 Å². The minimum atomic E-state index is -0.423. The van der Waals surface area contributed by atoms with E-state index >= 15 is 0 Å². The van der Waals surface area contributed by atoms with E-state index in [1.54, 1.807) is 18.3 Å². The van der Waals surface area contributed by atoms with E-state index in [-0.39, 0.29) is 5.56 Å². The van der Waals surface area contributed by atoms with Crippen LogP contribution in [-0.4, -0.2) is 15.0 Å². The average Bonchev–Trinajstić information content (AvgIpc) is 2.84. The molecule has 2 heterocycles. The summed E-state index contributed by atoms with van der Waals surface area (Å²) < 4.78 is 1.11. The highest BCUT2D eigenvalue weighted by atomic mass is 32.1. The van der Waals surface area contributed by atoms with E-state index in [2.05, 4.69) is 16.4 Å². The van der Waals surface area contributed by atoms with Gasteiger partial charge in [0, 0.05) is 12.7 Å². The summed E-state index contributed by atoms with van der Waals surface area (Å²) in [6, 6.07) is 9.00. The van der Waals surface area contributed by atoms with E-state index in [0.717, 1.165) is 26.6 Å². The molecule has 0 spiro atoms.